The molecule has 0 fully saturated rings. The molecule has 0 aliphatic carbocycles. The highest BCUT2D eigenvalue weighted by atomic mass is 32.2. The standard InChI is InChI=1S/C15H23NO4S/c1-10(2)8-16(9-14(17)18)21(19,20)15-12(4)6-11(3)7-13(15)5/h6-7,10H,8-9H2,1-5H3,(H,17,18). The molecule has 0 aliphatic heterocycles. The molecule has 0 heterocycles. The lowest BCUT2D eigenvalue weighted by Crippen LogP contribution is -2.38. The summed E-state index contributed by atoms with van der Waals surface area (Å²) in [6.45, 7) is 8.76. The van der Waals surface area contributed by atoms with E-state index in [1.165, 1.54) is 0 Å². The molecule has 0 aliphatic rings. The minimum absolute atomic E-state index is 0.0465. The maximum Gasteiger partial charge on any atom is 0.318 e. The van der Waals surface area contributed by atoms with Crippen LogP contribution in [0.3, 0.4) is 0 Å². The second kappa shape index (κ2) is 6.58. The third-order valence-electron chi connectivity index (χ3n) is 3.08. The Kier molecular flexibility index (Phi) is 5.53. The Balaban J connectivity index is 3.38. The molecule has 0 unspecified atom stereocenters. The van der Waals surface area contributed by atoms with Crippen molar-refractivity contribution in [3.05, 3.63) is 28.8 Å². The van der Waals surface area contributed by atoms with Crippen LogP contribution in [-0.2, 0) is 14.8 Å². The van der Waals surface area contributed by atoms with E-state index in [2.05, 4.69) is 0 Å². The van der Waals surface area contributed by atoms with Crippen LogP contribution >= 0.6 is 0 Å². The van der Waals surface area contributed by atoms with E-state index in [9.17, 15) is 13.2 Å². The fourth-order valence-electron chi connectivity index (χ4n) is 2.51. The van der Waals surface area contributed by atoms with Gasteiger partial charge in [0.1, 0.15) is 6.54 Å². The molecule has 21 heavy (non-hydrogen) atoms. The van der Waals surface area contributed by atoms with E-state index in [1.807, 2.05) is 20.8 Å². The number of rotatable bonds is 6. The molecule has 0 radical (unpaired) electrons. The van der Waals surface area contributed by atoms with Crippen molar-refractivity contribution in [3.8, 4) is 0 Å². The molecule has 118 valence electrons. The normalized spacial score (nSPS) is 12.1. The van der Waals surface area contributed by atoms with Gasteiger partial charge in [0.15, 0.2) is 0 Å². The zero-order chi connectivity index (χ0) is 16.4. The lowest BCUT2D eigenvalue weighted by molar-refractivity contribution is -0.137. The number of hydrogen-bond donors (Lipinski definition) is 1. The number of aliphatic carboxylic acids is 1. The summed E-state index contributed by atoms with van der Waals surface area (Å²) in [5.74, 6) is -1.10. The van der Waals surface area contributed by atoms with Crippen LogP contribution in [0.5, 0.6) is 0 Å². The molecule has 6 heteroatoms. The molecule has 0 amide bonds. The van der Waals surface area contributed by atoms with Crippen LogP contribution in [0.4, 0.5) is 0 Å². The Hall–Kier alpha value is -1.40. The molecule has 0 bridgehead atoms. The Morgan fingerprint density at radius 1 is 1.19 bits per heavy atom. The van der Waals surface area contributed by atoms with Gasteiger partial charge in [-0.05, 0) is 37.8 Å². The van der Waals surface area contributed by atoms with Crippen molar-refractivity contribution in [1.29, 1.82) is 0 Å². The fourth-order valence-corrected chi connectivity index (χ4v) is 4.47. The summed E-state index contributed by atoms with van der Waals surface area (Å²) in [6.07, 6.45) is 0. The minimum Gasteiger partial charge on any atom is -0.480 e. The molecule has 1 rings (SSSR count). The summed E-state index contributed by atoms with van der Waals surface area (Å²) in [6, 6.07) is 3.60. The fraction of sp³-hybridized carbons (Fsp3) is 0.533. The summed E-state index contributed by atoms with van der Waals surface area (Å²) in [5.41, 5.74) is 2.27. The van der Waals surface area contributed by atoms with E-state index in [-0.39, 0.29) is 17.4 Å². The number of carboxylic acids is 1. The molecule has 0 saturated heterocycles. The molecule has 0 atom stereocenters. The Morgan fingerprint density at radius 3 is 2.05 bits per heavy atom. The SMILES string of the molecule is Cc1cc(C)c(S(=O)(=O)N(CC(=O)O)CC(C)C)c(C)c1. The van der Waals surface area contributed by atoms with E-state index in [0.29, 0.717) is 11.1 Å². The monoisotopic (exact) mass is 313 g/mol. The van der Waals surface area contributed by atoms with Crippen LogP contribution in [0.25, 0.3) is 0 Å². The number of nitrogens with zero attached hydrogens (tertiary/aromatic N) is 1. The van der Waals surface area contributed by atoms with Gasteiger partial charge >= 0.3 is 5.97 Å². The molecule has 1 aromatic rings. The number of benzene rings is 1. The lowest BCUT2D eigenvalue weighted by Gasteiger charge is -2.24. The van der Waals surface area contributed by atoms with Crippen LogP contribution < -0.4 is 0 Å². The second-order valence-electron chi connectivity index (χ2n) is 5.81. The Morgan fingerprint density at radius 2 is 1.67 bits per heavy atom. The van der Waals surface area contributed by atoms with Gasteiger partial charge in [-0.1, -0.05) is 31.5 Å². The average molecular weight is 313 g/mol. The quantitative estimate of drug-likeness (QED) is 0.874. The van der Waals surface area contributed by atoms with Gasteiger partial charge in [0.05, 0.1) is 4.90 Å². The van der Waals surface area contributed by atoms with E-state index in [4.69, 9.17) is 5.11 Å². The first-order valence-electron chi connectivity index (χ1n) is 6.85. The van der Waals surface area contributed by atoms with Crippen LogP contribution in [0.15, 0.2) is 17.0 Å². The van der Waals surface area contributed by atoms with Crippen molar-refractivity contribution < 1.29 is 18.3 Å². The van der Waals surface area contributed by atoms with Crippen molar-refractivity contribution >= 4 is 16.0 Å². The third-order valence-corrected chi connectivity index (χ3v) is 5.20. The zero-order valence-electron chi connectivity index (χ0n) is 13.2. The number of hydrogen-bond acceptors (Lipinski definition) is 3. The summed E-state index contributed by atoms with van der Waals surface area (Å²) in [5, 5.41) is 8.98. The summed E-state index contributed by atoms with van der Waals surface area (Å²) in [4.78, 5) is 11.2. The zero-order valence-corrected chi connectivity index (χ0v) is 14.0. The van der Waals surface area contributed by atoms with Gasteiger partial charge in [-0.2, -0.15) is 4.31 Å². The van der Waals surface area contributed by atoms with Crippen molar-refractivity contribution in [2.24, 2.45) is 5.92 Å². The summed E-state index contributed by atoms with van der Waals surface area (Å²) in [7, 11) is -3.82. The molecule has 0 spiro atoms. The largest absolute Gasteiger partial charge is 0.480 e. The average Bonchev–Trinajstić information content (AvgIpc) is 2.24. The summed E-state index contributed by atoms with van der Waals surface area (Å²) < 4.78 is 26.7. The minimum atomic E-state index is -3.82. The molecule has 0 aromatic heterocycles. The molecular weight excluding hydrogens is 290 g/mol. The van der Waals surface area contributed by atoms with Gasteiger partial charge in [-0.25, -0.2) is 8.42 Å². The van der Waals surface area contributed by atoms with Crippen LogP contribution in [0.1, 0.15) is 30.5 Å². The predicted molar refractivity (Wildman–Crippen MR) is 81.9 cm³/mol. The highest BCUT2D eigenvalue weighted by molar-refractivity contribution is 7.89. The Bertz CT molecular complexity index is 612. The highest BCUT2D eigenvalue weighted by Gasteiger charge is 2.29. The van der Waals surface area contributed by atoms with Gasteiger partial charge in [-0.15, -0.1) is 0 Å². The van der Waals surface area contributed by atoms with Crippen molar-refractivity contribution in [2.75, 3.05) is 13.1 Å². The van der Waals surface area contributed by atoms with Crippen molar-refractivity contribution in [1.82, 2.24) is 4.31 Å². The van der Waals surface area contributed by atoms with Crippen molar-refractivity contribution in [2.45, 2.75) is 39.5 Å². The smallest absolute Gasteiger partial charge is 0.318 e. The first-order chi connectivity index (χ1) is 9.55. The second-order valence-corrected chi connectivity index (χ2v) is 7.69. The van der Waals surface area contributed by atoms with E-state index < -0.39 is 22.5 Å². The highest BCUT2D eigenvalue weighted by Crippen LogP contribution is 2.25. The topological polar surface area (TPSA) is 74.7 Å². The van der Waals surface area contributed by atoms with E-state index in [1.54, 1.807) is 26.0 Å². The predicted octanol–water partition coefficient (Wildman–Crippen LogP) is 2.34. The maximum atomic E-state index is 12.8. The molecule has 0 saturated carbocycles. The molecule has 5 nitrogen and oxygen atoms in total. The first-order valence-corrected chi connectivity index (χ1v) is 8.29. The van der Waals surface area contributed by atoms with Gasteiger partial charge in [0.25, 0.3) is 0 Å². The van der Waals surface area contributed by atoms with Gasteiger partial charge < -0.3 is 5.11 Å². The Labute approximate surface area is 126 Å². The molecule has 1 N–H and O–H groups in total. The van der Waals surface area contributed by atoms with E-state index >= 15 is 0 Å². The van der Waals surface area contributed by atoms with Gasteiger partial charge in [0, 0.05) is 6.54 Å². The number of aryl methyl sites for hydroxylation is 3. The number of sulfonamides is 1. The van der Waals surface area contributed by atoms with Gasteiger partial charge in [0.2, 0.25) is 10.0 Å². The van der Waals surface area contributed by atoms with Crippen molar-refractivity contribution in [3.63, 3.8) is 0 Å². The molecule has 1 aromatic carbocycles. The van der Waals surface area contributed by atoms with Crippen LogP contribution in [-0.4, -0.2) is 36.9 Å². The third kappa shape index (κ3) is 4.28. The first kappa shape index (κ1) is 17.7. The van der Waals surface area contributed by atoms with Gasteiger partial charge in [-0.3, -0.25) is 4.79 Å². The van der Waals surface area contributed by atoms with E-state index in [0.717, 1.165) is 9.87 Å². The maximum absolute atomic E-state index is 12.8. The summed E-state index contributed by atoms with van der Waals surface area (Å²) >= 11 is 0. The lowest BCUT2D eigenvalue weighted by atomic mass is 10.1. The molecular formula is C15H23NO4S. The number of carbonyl (C=O) groups is 1. The van der Waals surface area contributed by atoms with Crippen LogP contribution in [0.2, 0.25) is 0 Å². The number of carboxylic acid groups (broad SMARTS) is 1. The van der Waals surface area contributed by atoms with Crippen LogP contribution in [0, 0.1) is 26.7 Å².